The number of nitrogens with zero attached hydrogens (tertiary/aromatic N) is 4. The highest BCUT2D eigenvalue weighted by Gasteiger charge is 2.43. The Morgan fingerprint density at radius 3 is 1.39 bits per heavy atom. The smallest absolute Gasteiger partial charge is 0.305 e. The lowest BCUT2D eigenvalue weighted by Crippen LogP contribution is -2.62. The predicted octanol–water partition coefficient (Wildman–Crippen LogP) is 0.754. The van der Waals surface area contributed by atoms with Gasteiger partial charge in [-0.2, -0.15) is 0 Å². The number of aromatic amines is 2. The maximum absolute atomic E-state index is 15.7. The lowest BCUT2D eigenvalue weighted by atomic mass is 9.99. The standard InChI is InChI=1S/C93H114N18O21S3/c1-50(2)80-91(130)102-69(34-79(120)121)84(123)97-37-74(114)99-67(32-60-35-95-64-23-9-7-21-62(60)64)86(125)106-81(51(3)4)93(132)111-28-14-25-73(111)90(129)103-70(83(94)122)44-133-47-75(115)108-38-54-15-11-17-56(29-54)40-109-41-57-18-13-20-59(31-57)43-110(42-58-19-12-16-55(30-58)39-108)77(117)49-135-46-72(88(127)101-68(87(126)105-80)33-61-36-96-65-24-10-8-22-63(61)65)104-85(124)66(26-27-78(118)119)100-92(131)82(52(5)112)107-89(128)71(98-53(6)113)45-134-48-76(109)116/h7-13,15-24,29-31,35-36,50-52,66-73,80-82,95-96,112H,14,25-28,32-34,37-49H2,1-6H3,(H2,94,122)(H,97,123)(H,98,113)(H,99,114)(H,100,131)(H,101,127)(H,102,130)(H,103,129)(H,104,124)(H,105,126)(H,106,125)(H,107,128)(H,118,119)(H,120,121)/t52-,66+,67+,68+,69+,70+,71+,72+,73+,80+,81+,82+/m1/s1. The number of aliphatic carboxylic acids is 2. The first-order chi connectivity index (χ1) is 64.4. The van der Waals surface area contributed by atoms with Crippen LogP contribution in [0.25, 0.3) is 21.8 Å². The Balaban J connectivity index is 1.01. The van der Waals surface area contributed by atoms with Crippen molar-refractivity contribution in [3.63, 3.8) is 0 Å². The number of H-pyrrole nitrogens is 2. The van der Waals surface area contributed by atoms with E-state index in [1.54, 1.807) is 139 Å². The highest BCUT2D eigenvalue weighted by molar-refractivity contribution is 8.00. The molecule has 5 aromatic carbocycles. The van der Waals surface area contributed by atoms with Gasteiger partial charge in [0.15, 0.2) is 0 Å². The van der Waals surface area contributed by atoms with Gasteiger partial charge in [-0.3, -0.25) is 86.3 Å². The fraction of sp³-hybridized carbons (Fsp3) is 0.441. The SMILES string of the molecule is CC(=O)N[C@H]1CSCC(=O)N2Cc3cccc(c3)CN3Cc4cccc(c4)CN(Cc4cccc(c4)C2)C(=O)CSC[C@H](NC(=O)[C@H](CCC(=O)O)NC(=O)[C@H]([C@@H](C)O)NC1=O)C(=O)N[C@@H](Cc1c[nH]c2ccccc12)C(=O)N[C@@H](C(C)C)C(=O)N[C@@H](CC(=O)O)C(=O)NCC(=O)N[C@@H](Cc1c[nH]c2ccccc12)C(=O)N[C@@H](C(C)C)C(=O)N1CCC[C@H]1C(=O)N[C@H](C(N)=O)CSCC3=O. The highest BCUT2D eigenvalue weighted by Crippen LogP contribution is 2.28. The van der Waals surface area contributed by atoms with Crippen LogP contribution in [0.2, 0.25) is 0 Å². The van der Waals surface area contributed by atoms with Gasteiger partial charge in [0.2, 0.25) is 94.5 Å². The molecular weight excluding hydrogens is 1800 g/mol. The monoisotopic (exact) mass is 1910 g/mol. The maximum Gasteiger partial charge on any atom is 0.305 e. The molecule has 0 aliphatic carbocycles. The van der Waals surface area contributed by atoms with Crippen LogP contribution < -0.4 is 64.2 Å². The summed E-state index contributed by atoms with van der Waals surface area (Å²) < 4.78 is 0. The number of carbonyl (C=O) groups excluding carboxylic acids is 16. The summed E-state index contributed by atoms with van der Waals surface area (Å²) in [4.78, 5) is 273. The van der Waals surface area contributed by atoms with Crippen LogP contribution in [0, 0.1) is 11.8 Å². The molecule has 6 heterocycles. The number of carboxylic acid groups (broad SMARTS) is 2. The van der Waals surface area contributed by atoms with Gasteiger partial charge in [0, 0.05) is 123 Å². The third-order valence-electron chi connectivity index (χ3n) is 23.4. The number of hydrogen-bond donors (Lipinski definition) is 17. The Hall–Kier alpha value is -13.3. The van der Waals surface area contributed by atoms with Crippen LogP contribution in [0.1, 0.15) is 118 Å². The molecule has 12 atom stereocenters. The van der Waals surface area contributed by atoms with E-state index in [0.29, 0.717) is 72.7 Å². The van der Waals surface area contributed by atoms with Crippen LogP contribution in [-0.4, -0.2) is 272 Å². The van der Waals surface area contributed by atoms with Crippen LogP contribution in [0.4, 0.5) is 0 Å². The van der Waals surface area contributed by atoms with Gasteiger partial charge < -0.3 is 109 Å². The van der Waals surface area contributed by atoms with E-state index in [4.69, 9.17) is 5.73 Å². The molecule has 1 saturated heterocycles. The Kier molecular flexibility index (Phi) is 36.3. The number of aliphatic hydroxyl groups excluding tert-OH is 1. The summed E-state index contributed by atoms with van der Waals surface area (Å²) in [7, 11) is 0. The molecule has 2 aromatic heterocycles. The molecule has 16 amide bonds. The molecule has 10 bridgehead atoms. The molecule has 0 spiro atoms. The average Bonchev–Trinajstić information content (AvgIpc) is 1.70. The van der Waals surface area contributed by atoms with Crippen LogP contribution in [0.3, 0.4) is 0 Å². The van der Waals surface area contributed by atoms with E-state index >= 15 is 33.6 Å². The summed E-state index contributed by atoms with van der Waals surface area (Å²) >= 11 is 2.74. The fourth-order valence-electron chi connectivity index (χ4n) is 16.3. The van der Waals surface area contributed by atoms with Crippen molar-refractivity contribution < 1.29 is 102 Å². The lowest BCUT2D eigenvalue weighted by Gasteiger charge is -2.32. The van der Waals surface area contributed by atoms with Gasteiger partial charge in [0.05, 0.1) is 36.3 Å². The minimum atomic E-state index is -1.98. The van der Waals surface area contributed by atoms with Gasteiger partial charge in [-0.1, -0.05) is 137 Å². The molecular formula is C93H114N18O21S3. The highest BCUT2D eigenvalue weighted by atomic mass is 32.2. The molecule has 135 heavy (non-hydrogen) atoms. The van der Waals surface area contributed by atoms with E-state index in [0.717, 1.165) is 49.1 Å². The number of aromatic nitrogens is 2. The number of carboxylic acids is 2. The molecule has 18 N–H and O–H groups in total. The largest absolute Gasteiger partial charge is 0.481 e. The number of nitrogens with one attached hydrogen (secondary N) is 13. The van der Waals surface area contributed by atoms with Crippen LogP contribution in [-0.2, 0) is 138 Å². The fourth-order valence-corrected chi connectivity index (χ4v) is 19.2. The average molecular weight is 1920 g/mol. The van der Waals surface area contributed by atoms with E-state index in [1.807, 2.05) is 18.2 Å². The van der Waals surface area contributed by atoms with Crippen molar-refractivity contribution in [3.8, 4) is 0 Å². The molecule has 4 aliphatic heterocycles. The molecule has 0 saturated carbocycles. The zero-order valence-electron chi connectivity index (χ0n) is 75.4. The number of rotatable bonds is 14. The minimum Gasteiger partial charge on any atom is -0.481 e. The predicted molar refractivity (Wildman–Crippen MR) is 500 cm³/mol. The summed E-state index contributed by atoms with van der Waals surface area (Å²) in [5.41, 5.74) is 11.8. The van der Waals surface area contributed by atoms with Crippen LogP contribution in [0.5, 0.6) is 0 Å². The molecule has 7 aromatic rings. The first-order valence-corrected chi connectivity index (χ1v) is 47.8. The van der Waals surface area contributed by atoms with Gasteiger partial charge in [0.1, 0.15) is 66.5 Å². The molecule has 4 aliphatic rings. The Morgan fingerprint density at radius 2 is 0.911 bits per heavy atom. The summed E-state index contributed by atoms with van der Waals surface area (Å²) in [6.07, 6.45) is -1.40. The van der Waals surface area contributed by atoms with Crippen molar-refractivity contribution >= 4 is 164 Å². The zero-order chi connectivity index (χ0) is 97.4. The topological polar surface area (TPSA) is 571 Å². The van der Waals surface area contributed by atoms with Crippen LogP contribution in [0.15, 0.2) is 134 Å². The number of carbonyl (C=O) groups is 18. The maximum atomic E-state index is 15.7. The number of amides is 16. The van der Waals surface area contributed by atoms with Gasteiger partial charge in [-0.25, -0.2) is 0 Å². The lowest BCUT2D eigenvalue weighted by molar-refractivity contribution is -0.143. The number of thioether (sulfide) groups is 3. The minimum absolute atomic E-state index is 0.0354. The molecule has 720 valence electrons. The van der Waals surface area contributed by atoms with Crippen molar-refractivity contribution in [1.29, 1.82) is 0 Å². The summed E-state index contributed by atoms with van der Waals surface area (Å²) in [5, 5.41) is 61.0. The third kappa shape index (κ3) is 28.8. The Bertz CT molecular complexity index is 5590. The molecule has 11 rings (SSSR count). The van der Waals surface area contributed by atoms with E-state index < -0.39 is 228 Å². The number of benzene rings is 5. The van der Waals surface area contributed by atoms with Gasteiger partial charge >= 0.3 is 11.9 Å². The normalized spacial score (nSPS) is 23.5. The van der Waals surface area contributed by atoms with E-state index in [2.05, 4.69) is 68.5 Å². The number of hydrogen-bond acceptors (Lipinski definition) is 22. The number of primary amides is 1. The summed E-state index contributed by atoms with van der Waals surface area (Å²) in [6, 6.07) is 17.2. The second kappa shape index (κ2) is 48.0. The number of fused-ring (bicyclic) bond motifs is 11. The second-order valence-electron chi connectivity index (χ2n) is 34.6. The zero-order valence-corrected chi connectivity index (χ0v) is 77.9. The molecule has 0 radical (unpaired) electrons. The van der Waals surface area contributed by atoms with Crippen molar-refractivity contribution in [1.82, 2.24) is 88.1 Å². The van der Waals surface area contributed by atoms with Crippen molar-refractivity contribution in [3.05, 3.63) is 178 Å². The molecule has 39 nitrogen and oxygen atoms in total. The van der Waals surface area contributed by atoms with Gasteiger partial charge in [0.25, 0.3) is 0 Å². The van der Waals surface area contributed by atoms with Crippen LogP contribution >= 0.6 is 35.3 Å². The summed E-state index contributed by atoms with van der Waals surface area (Å²) in [5.74, 6) is -21.4. The Morgan fingerprint density at radius 1 is 0.467 bits per heavy atom. The molecule has 42 heteroatoms. The number of para-hydroxylation sites is 2. The van der Waals surface area contributed by atoms with Gasteiger partial charge in [-0.05, 0) is 94.7 Å². The number of nitrogens with two attached hydrogens (primary N) is 1. The third-order valence-corrected chi connectivity index (χ3v) is 26.4. The second-order valence-corrected chi connectivity index (χ2v) is 37.7. The number of aliphatic hydroxyl groups is 1. The van der Waals surface area contributed by atoms with E-state index in [-0.39, 0.29) is 88.1 Å². The molecule has 0 unspecified atom stereocenters. The van der Waals surface area contributed by atoms with Crippen molar-refractivity contribution in [2.45, 2.75) is 198 Å². The first-order valence-electron chi connectivity index (χ1n) is 44.3. The summed E-state index contributed by atoms with van der Waals surface area (Å²) in [6.45, 7) is 7.24. The van der Waals surface area contributed by atoms with Gasteiger partial charge in [-0.15, -0.1) is 35.3 Å². The molecule has 1 fully saturated rings. The quantitative estimate of drug-likeness (QED) is 0.0714. The van der Waals surface area contributed by atoms with Crippen molar-refractivity contribution in [2.75, 3.05) is 47.6 Å². The Labute approximate surface area is 790 Å². The van der Waals surface area contributed by atoms with Crippen molar-refractivity contribution in [2.24, 2.45) is 17.6 Å². The first kappa shape index (κ1) is 102. The van der Waals surface area contributed by atoms with E-state index in [9.17, 15) is 68.1 Å². The van der Waals surface area contributed by atoms with E-state index in [1.165, 1.54) is 23.6 Å².